The van der Waals surface area contributed by atoms with Gasteiger partial charge in [-0.05, 0) is 54.0 Å². The molecule has 12 aromatic heterocycles. The van der Waals surface area contributed by atoms with Crippen molar-refractivity contribution in [1.82, 2.24) is 9.97 Å². The summed E-state index contributed by atoms with van der Waals surface area (Å²) in [6.45, 7) is 29.7. The van der Waals surface area contributed by atoms with Gasteiger partial charge in [0.1, 0.15) is 17.2 Å². The van der Waals surface area contributed by atoms with E-state index < -0.39 is 0 Å². The molecule has 12 heterocycles. The number of furan rings is 1. The zero-order valence-electron chi connectivity index (χ0n) is 47.2. The van der Waals surface area contributed by atoms with Gasteiger partial charge in [0.2, 0.25) is 23.1 Å². The molecular formula is C62H46N2O9S8Se2. The maximum absolute atomic E-state index is 13.0. The van der Waals surface area contributed by atoms with E-state index in [1.54, 1.807) is 40.9 Å². The molecule has 12 aromatic rings. The van der Waals surface area contributed by atoms with Crippen LogP contribution in [0.1, 0.15) is 198 Å². The van der Waals surface area contributed by atoms with Crippen LogP contribution in [0, 0.1) is 104 Å². The number of imidazole rings is 1. The van der Waals surface area contributed by atoms with Gasteiger partial charge in [0.25, 0.3) is 0 Å². The number of thiophene rings is 8. The van der Waals surface area contributed by atoms with Crippen LogP contribution in [-0.2, 0) is 0 Å². The van der Waals surface area contributed by atoms with Crippen molar-refractivity contribution in [2.75, 3.05) is 0 Å². The number of aromatic amines is 1. The van der Waals surface area contributed by atoms with Crippen molar-refractivity contribution in [1.29, 1.82) is 0 Å². The van der Waals surface area contributed by atoms with Gasteiger partial charge in [0.15, 0.2) is 0 Å². The molecule has 0 bridgehead atoms. The van der Waals surface area contributed by atoms with Crippen molar-refractivity contribution in [2.45, 2.75) is 104 Å². The van der Waals surface area contributed by atoms with Crippen LogP contribution < -0.4 is 0 Å². The Hall–Kier alpha value is -5.51. The third-order valence-corrected chi connectivity index (χ3v) is 29.8. The quantitative estimate of drug-likeness (QED) is 0.144. The van der Waals surface area contributed by atoms with Gasteiger partial charge in [-0.15, -0.1) is 56.7 Å². The summed E-state index contributed by atoms with van der Waals surface area (Å²) in [4.78, 5) is 121. The molecule has 0 atom stereocenters. The number of carbonyl (C=O) groups is 8. The molecular weight excluding hydrogens is 1330 g/mol. The molecule has 0 amide bonds. The monoisotopic (exact) mass is 1380 g/mol. The Kier molecular flexibility index (Phi) is 13.5. The number of carbonyl (C=O) groups excluding carboxylic acids is 8. The number of aromatic nitrogens is 2. The van der Waals surface area contributed by atoms with Crippen LogP contribution in [0.25, 0.3) is 41.2 Å². The van der Waals surface area contributed by atoms with Crippen LogP contribution in [0.3, 0.4) is 0 Å². The van der Waals surface area contributed by atoms with Crippen LogP contribution in [0.4, 0.5) is 0 Å². The van der Waals surface area contributed by atoms with Gasteiger partial charge in [0.05, 0.1) is 25.8 Å². The van der Waals surface area contributed by atoms with Crippen LogP contribution in [0.15, 0.2) is 4.42 Å². The zero-order chi connectivity index (χ0) is 59.3. The number of rotatable bonds is 0. The molecule has 11 nitrogen and oxygen atoms in total. The van der Waals surface area contributed by atoms with Gasteiger partial charge in [-0.3, -0.25) is 19.2 Å². The van der Waals surface area contributed by atoms with Gasteiger partial charge >= 0.3 is 267 Å². The van der Waals surface area contributed by atoms with Gasteiger partial charge in [-0.2, -0.15) is 0 Å². The topological polar surface area (TPSA) is 178 Å². The molecule has 0 aliphatic heterocycles. The Bertz CT molecular complexity index is 4920. The first-order valence-corrected chi connectivity index (χ1v) is 36.0. The van der Waals surface area contributed by atoms with Crippen molar-refractivity contribution in [2.24, 2.45) is 0 Å². The fourth-order valence-corrected chi connectivity index (χ4v) is 26.2. The number of ketones is 8. The smallest absolute Gasteiger partial charge is 0.205 e. The first-order valence-electron chi connectivity index (χ1n) is 26.1. The maximum atomic E-state index is 13.0. The van der Waals surface area contributed by atoms with E-state index in [9.17, 15) is 38.4 Å². The summed E-state index contributed by atoms with van der Waals surface area (Å²) in [6.07, 6.45) is 0. The summed E-state index contributed by atoms with van der Waals surface area (Å²) in [6, 6.07) is 0. The molecule has 0 fully saturated rings. The number of nitrogens with zero attached hydrogens (tertiary/aromatic N) is 1. The standard InChI is InChI=1S/C16H12O3SSe.C16H12O2S3.C16H12O2S2Se.C14H10N2O2S2/c1-5-9-10(6(2)20-5)14(18)16-12(13(9)17)11-7(3)21-8(4)15(11)19-16;1-5-6(2)20-15-9(5)12(17)16-11(13(15)18)10-7(3)19-8(4)14(10)21-16;1-5-9-10(6(2)19-5)14(18)16-12(13(9)17)11-7(3)21-8(4)15(11)20-16;1-4-7-8-11(17)9-10(16-6(3)15-9)12(18)14(8)20-13(7)5(2)19-4/h3*1-4H3;1-3H3,(H,15,16). The Labute approximate surface area is 518 Å². The molecule has 4 aliphatic rings. The van der Waals surface area contributed by atoms with Crippen molar-refractivity contribution in [3.63, 3.8) is 0 Å². The number of hydrogen-bond donors (Lipinski definition) is 1. The van der Waals surface area contributed by atoms with E-state index in [4.69, 9.17) is 4.42 Å². The third kappa shape index (κ3) is 7.99. The first-order chi connectivity index (χ1) is 39.2. The summed E-state index contributed by atoms with van der Waals surface area (Å²) in [5.74, 6) is 0.595. The number of hydrogen-bond acceptors (Lipinski definition) is 18. The number of H-pyrrole nitrogens is 1. The van der Waals surface area contributed by atoms with Gasteiger partial charge in [-0.25, -0.2) is 4.98 Å². The number of aryl methyl sites for hydroxylation is 14. The molecule has 16 rings (SSSR count). The third-order valence-electron chi connectivity index (χ3n) is 15.8. The molecule has 21 heteroatoms. The van der Waals surface area contributed by atoms with E-state index in [2.05, 4.69) is 30.7 Å². The van der Waals surface area contributed by atoms with Crippen LogP contribution in [0.2, 0.25) is 0 Å². The molecule has 1 N–H and O–H groups in total. The normalized spacial score (nSPS) is 13.9. The summed E-state index contributed by atoms with van der Waals surface area (Å²) in [5, 5.41) is 3.91. The second-order valence-electron chi connectivity index (χ2n) is 21.0. The van der Waals surface area contributed by atoms with Gasteiger partial charge in [0, 0.05) is 50.1 Å². The summed E-state index contributed by atoms with van der Waals surface area (Å²) >= 11 is 12.9. The Morgan fingerprint density at radius 2 is 0.759 bits per heavy atom. The second kappa shape index (κ2) is 19.8. The van der Waals surface area contributed by atoms with Crippen molar-refractivity contribution < 1.29 is 42.8 Å². The molecule has 0 saturated carbocycles. The van der Waals surface area contributed by atoms with Gasteiger partial charge < -0.3 is 4.98 Å². The minimum Gasteiger partial charge on any atom is -0.288 e. The van der Waals surface area contributed by atoms with Crippen LogP contribution >= 0.6 is 90.7 Å². The molecule has 0 spiro atoms. The van der Waals surface area contributed by atoms with E-state index in [-0.39, 0.29) is 72.2 Å². The van der Waals surface area contributed by atoms with Crippen LogP contribution in [0.5, 0.6) is 0 Å². The van der Waals surface area contributed by atoms with Gasteiger partial charge in [-0.1, -0.05) is 0 Å². The fourth-order valence-electron chi connectivity index (χ4n) is 12.2. The summed E-state index contributed by atoms with van der Waals surface area (Å²) < 4.78 is 14.1. The molecule has 0 unspecified atom stereocenters. The summed E-state index contributed by atoms with van der Waals surface area (Å²) in [7, 11) is 0. The zero-order valence-corrected chi connectivity index (χ0v) is 57.2. The Morgan fingerprint density at radius 3 is 1.34 bits per heavy atom. The van der Waals surface area contributed by atoms with Crippen molar-refractivity contribution >= 4 is 207 Å². The van der Waals surface area contributed by atoms with Crippen molar-refractivity contribution in [3.05, 3.63) is 160 Å². The predicted molar refractivity (Wildman–Crippen MR) is 341 cm³/mol. The fraction of sp³-hybridized carbons (Fsp3) is 0.242. The molecule has 0 radical (unpaired) electrons. The largest absolute Gasteiger partial charge is 0.288 e. The average molecular weight is 1380 g/mol. The Morgan fingerprint density at radius 1 is 0.337 bits per heavy atom. The summed E-state index contributed by atoms with van der Waals surface area (Å²) in [5.41, 5.74) is 7.78. The van der Waals surface area contributed by atoms with E-state index in [1.165, 1.54) is 79.6 Å². The number of fused-ring (bicyclic) bond motifs is 16. The number of nitrogens with one attached hydrogen (secondary N) is 1. The predicted octanol–water partition coefficient (Wildman–Crippen LogP) is 16.0. The average Bonchev–Trinajstić information content (AvgIpc) is 2.59. The molecule has 83 heavy (non-hydrogen) atoms. The second-order valence-corrected chi connectivity index (χ2v) is 37.0. The first kappa shape index (κ1) is 56.6. The molecule has 0 saturated heterocycles. The SMILES string of the molecule is Cc1nc2c([nH]1)C(=O)c1c(sc3c(C)sc(C)c13)C2=O.Cc1sc(C)c2c1C(=O)c1oc3c(C)[se]c(C)c3c1C2=O.Cc1sc(C)c2c1C(=O)c1sc3c(C)[se]c(C)c3c1C2=O.Cc1sc2c(c1C)C(=O)c1sc3c(C)sc(C)c3c1C2=O. The van der Waals surface area contributed by atoms with E-state index >= 15 is 0 Å². The minimum absolute atomic E-state index is 0.0337. The maximum Gasteiger partial charge on any atom is 0.205 e. The minimum atomic E-state index is -0.135. The van der Waals surface area contributed by atoms with E-state index in [0.717, 1.165) is 85.5 Å². The van der Waals surface area contributed by atoms with E-state index in [1.807, 2.05) is 76.2 Å². The molecule has 0 aromatic carbocycles. The van der Waals surface area contributed by atoms with Crippen molar-refractivity contribution in [3.8, 4) is 0 Å². The van der Waals surface area contributed by atoms with E-state index in [0.29, 0.717) is 95.6 Å². The Balaban J connectivity index is 0.000000104. The van der Waals surface area contributed by atoms with Crippen LogP contribution in [-0.4, -0.2) is 85.2 Å². The molecule has 4 aliphatic carbocycles. The molecule has 418 valence electrons.